The number of hydrogen-bond acceptors (Lipinski definition) is 6. The Morgan fingerprint density at radius 2 is 2.07 bits per heavy atom. The van der Waals surface area contributed by atoms with Crippen LogP contribution in [0, 0.1) is 6.92 Å². The summed E-state index contributed by atoms with van der Waals surface area (Å²) in [5.41, 5.74) is 2.15. The second-order valence-electron chi connectivity index (χ2n) is 6.84. The number of benzene rings is 1. The Bertz CT molecular complexity index is 965. The molecular weight excluding hydrogens is 458 g/mol. The molecule has 1 saturated heterocycles. The van der Waals surface area contributed by atoms with Gasteiger partial charge in [0.05, 0.1) is 32.1 Å². The summed E-state index contributed by atoms with van der Waals surface area (Å²) >= 11 is 6.52. The predicted molar refractivity (Wildman–Crippen MR) is 120 cm³/mol. The number of morpholine rings is 1. The molecule has 0 spiro atoms. The minimum Gasteiger partial charge on any atom is -0.379 e. The van der Waals surface area contributed by atoms with E-state index in [4.69, 9.17) is 9.72 Å². The van der Waals surface area contributed by atoms with Crippen LogP contribution in [0.5, 0.6) is 0 Å². The van der Waals surface area contributed by atoms with Crippen molar-refractivity contribution in [2.75, 3.05) is 44.3 Å². The predicted octanol–water partition coefficient (Wildman–Crippen LogP) is 4.80. The number of anilines is 1. The zero-order valence-electron chi connectivity index (χ0n) is 15.7. The van der Waals surface area contributed by atoms with E-state index in [1.54, 1.807) is 11.3 Å². The largest absolute Gasteiger partial charge is 0.379 e. The number of aromatic nitrogens is 1. The van der Waals surface area contributed by atoms with Crippen LogP contribution in [0.1, 0.15) is 21.7 Å². The van der Waals surface area contributed by atoms with Crippen molar-refractivity contribution in [3.05, 3.63) is 44.6 Å². The summed E-state index contributed by atoms with van der Waals surface area (Å²) in [6.45, 7) is 7.22. The average molecular weight is 480 g/mol. The number of nitrogens with zero attached hydrogens (tertiary/aromatic N) is 3. The number of thiophene rings is 1. The summed E-state index contributed by atoms with van der Waals surface area (Å²) in [5.74, 6) is 0.0217. The van der Waals surface area contributed by atoms with Gasteiger partial charge in [0.15, 0.2) is 5.13 Å². The molecule has 1 fully saturated rings. The number of aryl methyl sites for hydroxylation is 1. The van der Waals surface area contributed by atoms with Crippen LogP contribution in [-0.4, -0.2) is 55.2 Å². The molecule has 8 heteroatoms. The first-order valence-electron chi connectivity index (χ1n) is 9.35. The maximum absolute atomic E-state index is 13.2. The molecule has 3 aromatic rings. The van der Waals surface area contributed by atoms with Gasteiger partial charge in [-0.3, -0.25) is 14.6 Å². The molecule has 0 bridgehead atoms. The number of fused-ring (bicyclic) bond motifs is 1. The van der Waals surface area contributed by atoms with Crippen molar-refractivity contribution in [3.8, 4) is 0 Å². The zero-order valence-corrected chi connectivity index (χ0v) is 18.9. The molecular formula is C20H22BrN3O2S2. The molecule has 1 aliphatic heterocycles. The van der Waals surface area contributed by atoms with Crippen molar-refractivity contribution in [1.29, 1.82) is 0 Å². The minimum atomic E-state index is 0.0217. The summed E-state index contributed by atoms with van der Waals surface area (Å²) in [4.78, 5) is 23.0. The first-order valence-corrected chi connectivity index (χ1v) is 11.8. The number of carbonyl (C=O) groups excluding carboxylic acids is 1. The standard InChI is InChI=1S/C20H22BrN3O2S2/c1-14-3-4-15-17(13-14)28-20(22-15)24(19(25)16-5-6-18(21)27-16)8-2-7-23-9-11-26-12-10-23/h3-6,13H,2,7-12H2,1H3. The van der Waals surface area contributed by atoms with E-state index in [2.05, 4.69) is 39.9 Å². The number of ether oxygens (including phenoxy) is 1. The highest BCUT2D eigenvalue weighted by atomic mass is 79.9. The molecule has 3 heterocycles. The van der Waals surface area contributed by atoms with Gasteiger partial charge in [0.2, 0.25) is 0 Å². The van der Waals surface area contributed by atoms with Crippen molar-refractivity contribution in [3.63, 3.8) is 0 Å². The van der Waals surface area contributed by atoms with Crippen LogP contribution >= 0.6 is 38.6 Å². The molecule has 148 valence electrons. The second kappa shape index (κ2) is 9.00. The van der Waals surface area contributed by atoms with Gasteiger partial charge in [-0.2, -0.15) is 0 Å². The second-order valence-corrected chi connectivity index (χ2v) is 10.3. The minimum absolute atomic E-state index is 0.0217. The van der Waals surface area contributed by atoms with Gasteiger partial charge in [0, 0.05) is 26.2 Å². The third-order valence-electron chi connectivity index (χ3n) is 4.75. The van der Waals surface area contributed by atoms with E-state index in [9.17, 15) is 4.79 Å². The molecule has 4 rings (SSSR count). The van der Waals surface area contributed by atoms with Crippen LogP contribution in [0.3, 0.4) is 0 Å². The summed E-state index contributed by atoms with van der Waals surface area (Å²) in [6, 6.07) is 10.0. The van der Waals surface area contributed by atoms with Crippen LogP contribution in [0.15, 0.2) is 34.1 Å². The van der Waals surface area contributed by atoms with Gasteiger partial charge in [-0.05, 0) is 59.1 Å². The molecule has 0 aliphatic carbocycles. The molecule has 1 aromatic carbocycles. The van der Waals surface area contributed by atoms with Crippen molar-refractivity contribution < 1.29 is 9.53 Å². The Morgan fingerprint density at radius 3 is 2.82 bits per heavy atom. The summed E-state index contributed by atoms with van der Waals surface area (Å²) < 4.78 is 7.50. The van der Waals surface area contributed by atoms with Gasteiger partial charge in [-0.15, -0.1) is 11.3 Å². The van der Waals surface area contributed by atoms with Crippen LogP contribution in [0.25, 0.3) is 10.2 Å². The molecule has 1 aliphatic rings. The average Bonchev–Trinajstić information content (AvgIpc) is 3.31. The van der Waals surface area contributed by atoms with E-state index in [1.807, 2.05) is 23.1 Å². The lowest BCUT2D eigenvalue weighted by molar-refractivity contribution is 0.0376. The molecule has 0 unspecified atom stereocenters. The van der Waals surface area contributed by atoms with Crippen LogP contribution in [0.2, 0.25) is 0 Å². The summed E-state index contributed by atoms with van der Waals surface area (Å²) in [5, 5.41) is 0.775. The quantitative estimate of drug-likeness (QED) is 0.509. The molecule has 5 nitrogen and oxygen atoms in total. The van der Waals surface area contributed by atoms with Gasteiger partial charge in [-0.25, -0.2) is 4.98 Å². The number of halogens is 1. The lowest BCUT2D eigenvalue weighted by atomic mass is 10.2. The van der Waals surface area contributed by atoms with E-state index in [1.165, 1.54) is 16.9 Å². The van der Waals surface area contributed by atoms with E-state index in [0.29, 0.717) is 6.54 Å². The zero-order chi connectivity index (χ0) is 19.5. The van der Waals surface area contributed by atoms with Crippen molar-refractivity contribution in [1.82, 2.24) is 9.88 Å². The Labute approximate surface area is 181 Å². The third kappa shape index (κ3) is 4.63. The Balaban J connectivity index is 1.55. The van der Waals surface area contributed by atoms with Gasteiger partial charge < -0.3 is 4.74 Å². The molecule has 0 N–H and O–H groups in total. The van der Waals surface area contributed by atoms with Crippen molar-refractivity contribution in [2.45, 2.75) is 13.3 Å². The van der Waals surface area contributed by atoms with Crippen LogP contribution in [0.4, 0.5) is 5.13 Å². The molecule has 1 amide bonds. The summed E-state index contributed by atoms with van der Waals surface area (Å²) in [6.07, 6.45) is 0.910. The Hall–Kier alpha value is -1.32. The van der Waals surface area contributed by atoms with Gasteiger partial charge in [0.1, 0.15) is 0 Å². The third-order valence-corrected chi connectivity index (χ3v) is 7.41. The highest BCUT2D eigenvalue weighted by Gasteiger charge is 2.23. The monoisotopic (exact) mass is 479 g/mol. The highest BCUT2D eigenvalue weighted by molar-refractivity contribution is 9.11. The lowest BCUT2D eigenvalue weighted by Gasteiger charge is -2.27. The van der Waals surface area contributed by atoms with Crippen molar-refractivity contribution in [2.24, 2.45) is 0 Å². The molecule has 0 atom stereocenters. The van der Waals surface area contributed by atoms with Gasteiger partial charge in [-0.1, -0.05) is 17.4 Å². The van der Waals surface area contributed by atoms with Crippen LogP contribution < -0.4 is 4.90 Å². The molecule has 2 aromatic heterocycles. The molecule has 28 heavy (non-hydrogen) atoms. The fourth-order valence-electron chi connectivity index (χ4n) is 3.26. The van der Waals surface area contributed by atoms with Crippen LogP contribution in [-0.2, 0) is 4.74 Å². The fraction of sp³-hybridized carbons (Fsp3) is 0.400. The normalized spacial score (nSPS) is 15.2. The highest BCUT2D eigenvalue weighted by Crippen LogP contribution is 2.32. The lowest BCUT2D eigenvalue weighted by Crippen LogP contribution is -2.39. The van der Waals surface area contributed by atoms with Crippen molar-refractivity contribution >= 4 is 59.9 Å². The SMILES string of the molecule is Cc1ccc2nc(N(CCCN3CCOCC3)C(=O)c3ccc(Br)s3)sc2c1. The van der Waals surface area contributed by atoms with Gasteiger partial charge in [0.25, 0.3) is 5.91 Å². The van der Waals surface area contributed by atoms with E-state index in [0.717, 1.165) is 63.3 Å². The molecule has 0 saturated carbocycles. The number of thiazole rings is 1. The fourth-order valence-corrected chi connectivity index (χ4v) is 5.68. The topological polar surface area (TPSA) is 45.7 Å². The maximum atomic E-state index is 13.2. The first-order chi connectivity index (χ1) is 13.6. The first kappa shape index (κ1) is 20.0. The maximum Gasteiger partial charge on any atom is 0.270 e. The number of hydrogen-bond donors (Lipinski definition) is 0. The summed E-state index contributed by atoms with van der Waals surface area (Å²) in [7, 11) is 0. The number of amides is 1. The van der Waals surface area contributed by atoms with E-state index >= 15 is 0 Å². The number of carbonyl (C=O) groups is 1. The Morgan fingerprint density at radius 1 is 1.25 bits per heavy atom. The van der Waals surface area contributed by atoms with Gasteiger partial charge >= 0.3 is 0 Å². The smallest absolute Gasteiger partial charge is 0.270 e. The Kier molecular flexibility index (Phi) is 6.42. The van der Waals surface area contributed by atoms with E-state index in [-0.39, 0.29) is 5.91 Å². The van der Waals surface area contributed by atoms with E-state index < -0.39 is 0 Å². The number of rotatable bonds is 6. The molecule has 0 radical (unpaired) electrons.